The molecule has 17 heavy (non-hydrogen) atoms. The maximum Gasteiger partial charge on any atom is 0.433 e. The van der Waals surface area contributed by atoms with Gasteiger partial charge in [0.05, 0.1) is 12.6 Å². The van der Waals surface area contributed by atoms with Crippen LogP contribution in [0.3, 0.4) is 0 Å². The first-order chi connectivity index (χ1) is 8.25. The van der Waals surface area contributed by atoms with Crippen molar-refractivity contribution in [2.24, 2.45) is 0 Å². The standard InChI is InChI=1S/C11H16N2O3S/c14-13(15)11-5-4-9(16-11)7-12-8-10-3-1-2-6-17-10/h4-5,10,12H,1-3,6-8H2. The molecule has 0 aliphatic carbocycles. The van der Waals surface area contributed by atoms with Crippen molar-refractivity contribution in [2.75, 3.05) is 12.3 Å². The van der Waals surface area contributed by atoms with Crippen LogP contribution in [-0.2, 0) is 6.54 Å². The molecular weight excluding hydrogens is 240 g/mol. The van der Waals surface area contributed by atoms with Gasteiger partial charge in [-0.15, -0.1) is 0 Å². The quantitative estimate of drug-likeness (QED) is 0.647. The third-order valence-corrected chi connectivity index (χ3v) is 4.17. The van der Waals surface area contributed by atoms with Crippen molar-refractivity contribution in [2.45, 2.75) is 31.1 Å². The molecule has 1 aliphatic rings. The van der Waals surface area contributed by atoms with Gasteiger partial charge in [-0.05, 0) is 24.7 Å². The average Bonchev–Trinajstić information content (AvgIpc) is 2.79. The molecule has 0 bridgehead atoms. The molecule has 0 spiro atoms. The monoisotopic (exact) mass is 256 g/mol. The summed E-state index contributed by atoms with van der Waals surface area (Å²) in [6.45, 7) is 1.50. The van der Waals surface area contributed by atoms with E-state index in [0.717, 1.165) is 6.54 Å². The van der Waals surface area contributed by atoms with Gasteiger partial charge in [0, 0.05) is 11.8 Å². The van der Waals surface area contributed by atoms with Crippen molar-refractivity contribution >= 4 is 17.6 Å². The van der Waals surface area contributed by atoms with Crippen molar-refractivity contribution in [3.63, 3.8) is 0 Å². The van der Waals surface area contributed by atoms with Crippen molar-refractivity contribution < 1.29 is 9.34 Å². The van der Waals surface area contributed by atoms with Crippen LogP contribution >= 0.6 is 11.8 Å². The predicted octanol–water partition coefficient (Wildman–Crippen LogP) is 2.56. The van der Waals surface area contributed by atoms with Crippen LogP contribution in [-0.4, -0.2) is 22.5 Å². The highest BCUT2D eigenvalue weighted by Gasteiger charge is 2.14. The number of nitrogens with one attached hydrogen (secondary N) is 1. The van der Waals surface area contributed by atoms with Crippen LogP contribution in [0.25, 0.3) is 0 Å². The van der Waals surface area contributed by atoms with Crippen molar-refractivity contribution in [3.05, 3.63) is 28.0 Å². The van der Waals surface area contributed by atoms with Crippen molar-refractivity contribution in [1.82, 2.24) is 5.32 Å². The third-order valence-electron chi connectivity index (χ3n) is 2.77. The summed E-state index contributed by atoms with van der Waals surface area (Å²) in [4.78, 5) is 9.91. The van der Waals surface area contributed by atoms with Crippen LogP contribution in [0.2, 0.25) is 0 Å². The molecule has 2 heterocycles. The zero-order valence-electron chi connectivity index (χ0n) is 9.55. The van der Waals surface area contributed by atoms with Crippen LogP contribution in [0.1, 0.15) is 25.0 Å². The van der Waals surface area contributed by atoms with Gasteiger partial charge in [-0.1, -0.05) is 6.42 Å². The average molecular weight is 256 g/mol. The molecule has 2 rings (SSSR count). The van der Waals surface area contributed by atoms with E-state index in [4.69, 9.17) is 4.42 Å². The molecule has 1 atom stereocenters. The molecule has 0 amide bonds. The third kappa shape index (κ3) is 3.74. The Hall–Kier alpha value is -1.01. The molecule has 0 radical (unpaired) electrons. The summed E-state index contributed by atoms with van der Waals surface area (Å²) in [6.07, 6.45) is 3.90. The fourth-order valence-corrected chi connectivity index (χ4v) is 3.16. The fraction of sp³-hybridized carbons (Fsp3) is 0.636. The molecule has 5 nitrogen and oxygen atoms in total. The lowest BCUT2D eigenvalue weighted by Gasteiger charge is -2.21. The summed E-state index contributed by atoms with van der Waals surface area (Å²) in [5.41, 5.74) is 0. The minimum Gasteiger partial charge on any atom is -0.404 e. The molecule has 1 saturated heterocycles. The van der Waals surface area contributed by atoms with Crippen molar-refractivity contribution in [3.8, 4) is 0 Å². The minimum atomic E-state index is -0.513. The molecule has 0 saturated carbocycles. The molecule has 6 heteroatoms. The van der Waals surface area contributed by atoms with E-state index in [0.29, 0.717) is 17.6 Å². The number of hydrogen-bond donors (Lipinski definition) is 1. The highest BCUT2D eigenvalue weighted by Crippen LogP contribution is 2.24. The summed E-state index contributed by atoms with van der Waals surface area (Å²) in [7, 11) is 0. The van der Waals surface area contributed by atoms with Gasteiger partial charge in [0.1, 0.15) is 10.7 Å². The van der Waals surface area contributed by atoms with E-state index in [2.05, 4.69) is 5.32 Å². The fourth-order valence-electron chi connectivity index (χ4n) is 1.88. The number of furan rings is 1. The highest BCUT2D eigenvalue weighted by atomic mass is 32.2. The Morgan fingerprint density at radius 2 is 2.41 bits per heavy atom. The molecule has 1 aromatic heterocycles. The van der Waals surface area contributed by atoms with E-state index < -0.39 is 4.92 Å². The molecule has 1 fully saturated rings. The molecule has 1 unspecified atom stereocenters. The largest absolute Gasteiger partial charge is 0.433 e. The maximum atomic E-state index is 10.4. The Labute approximate surface area is 104 Å². The lowest BCUT2D eigenvalue weighted by atomic mass is 10.2. The van der Waals surface area contributed by atoms with E-state index in [-0.39, 0.29) is 5.88 Å². The number of nitro groups is 1. The Kier molecular flexibility index (Phi) is 4.44. The molecule has 94 valence electrons. The lowest BCUT2D eigenvalue weighted by Crippen LogP contribution is -2.26. The summed E-state index contributed by atoms with van der Waals surface area (Å²) < 4.78 is 5.07. The Balaban J connectivity index is 1.71. The van der Waals surface area contributed by atoms with Gasteiger partial charge in [0.15, 0.2) is 0 Å². The van der Waals surface area contributed by atoms with E-state index in [1.165, 1.54) is 31.1 Å². The smallest absolute Gasteiger partial charge is 0.404 e. The van der Waals surface area contributed by atoms with Crippen molar-refractivity contribution in [1.29, 1.82) is 0 Å². The molecule has 0 aromatic carbocycles. The predicted molar refractivity (Wildman–Crippen MR) is 67.2 cm³/mol. The first-order valence-corrected chi connectivity index (χ1v) is 6.86. The first kappa shape index (κ1) is 12.4. The summed E-state index contributed by atoms with van der Waals surface area (Å²) in [5.74, 6) is 1.69. The zero-order chi connectivity index (χ0) is 12.1. The molecule has 1 aliphatic heterocycles. The summed E-state index contributed by atoms with van der Waals surface area (Å²) >= 11 is 2.01. The SMILES string of the molecule is O=[N+]([O-])c1ccc(CNCC2CCCCS2)o1. The van der Waals surface area contributed by atoms with Crippen LogP contribution in [0.15, 0.2) is 16.5 Å². The molecule has 1 aromatic rings. The van der Waals surface area contributed by atoms with E-state index in [1.807, 2.05) is 11.8 Å². The zero-order valence-corrected chi connectivity index (χ0v) is 10.4. The van der Waals surface area contributed by atoms with E-state index >= 15 is 0 Å². The van der Waals surface area contributed by atoms with Gasteiger partial charge in [0.25, 0.3) is 0 Å². The Morgan fingerprint density at radius 1 is 1.53 bits per heavy atom. The number of nitrogens with zero attached hydrogens (tertiary/aromatic N) is 1. The summed E-state index contributed by atoms with van der Waals surface area (Å²) in [6, 6.07) is 3.05. The van der Waals surface area contributed by atoms with Gasteiger partial charge in [-0.2, -0.15) is 11.8 Å². The second kappa shape index (κ2) is 6.07. The molecule has 1 N–H and O–H groups in total. The van der Waals surface area contributed by atoms with Gasteiger partial charge < -0.3 is 9.73 Å². The topological polar surface area (TPSA) is 68.3 Å². The second-order valence-electron chi connectivity index (χ2n) is 4.12. The normalized spacial score (nSPS) is 20.4. The number of thioether (sulfide) groups is 1. The van der Waals surface area contributed by atoms with Crippen LogP contribution in [0.5, 0.6) is 0 Å². The van der Waals surface area contributed by atoms with Gasteiger partial charge in [-0.25, -0.2) is 0 Å². The Morgan fingerprint density at radius 3 is 3.06 bits per heavy atom. The number of rotatable bonds is 5. The van der Waals surface area contributed by atoms with E-state index in [1.54, 1.807) is 6.07 Å². The number of hydrogen-bond acceptors (Lipinski definition) is 5. The van der Waals surface area contributed by atoms with Gasteiger partial charge in [0.2, 0.25) is 0 Å². The van der Waals surface area contributed by atoms with Crippen LogP contribution < -0.4 is 5.32 Å². The highest BCUT2D eigenvalue weighted by molar-refractivity contribution is 7.99. The summed E-state index contributed by atoms with van der Waals surface area (Å²) in [5, 5.41) is 14.4. The van der Waals surface area contributed by atoms with Gasteiger partial charge >= 0.3 is 5.88 Å². The van der Waals surface area contributed by atoms with Crippen LogP contribution in [0.4, 0.5) is 5.88 Å². The van der Waals surface area contributed by atoms with Gasteiger partial charge in [-0.3, -0.25) is 10.1 Å². The Bertz CT molecular complexity index is 375. The van der Waals surface area contributed by atoms with Crippen LogP contribution in [0, 0.1) is 10.1 Å². The first-order valence-electron chi connectivity index (χ1n) is 5.81. The minimum absolute atomic E-state index is 0.186. The molecular formula is C11H16N2O3S. The second-order valence-corrected chi connectivity index (χ2v) is 5.52. The maximum absolute atomic E-state index is 10.4. The lowest BCUT2D eigenvalue weighted by molar-refractivity contribution is -0.402. The van der Waals surface area contributed by atoms with E-state index in [9.17, 15) is 10.1 Å².